The average molecular weight is 298 g/mol. The maximum Gasteiger partial charge on any atom is 0.338 e. The molecule has 0 N–H and O–H groups in total. The molecule has 0 radical (unpaired) electrons. The lowest BCUT2D eigenvalue weighted by Gasteiger charge is -2.15. The van der Waals surface area contributed by atoms with E-state index in [1.807, 2.05) is 0 Å². The normalized spacial score (nSPS) is 17.5. The first-order chi connectivity index (χ1) is 8.25. The summed E-state index contributed by atoms with van der Waals surface area (Å²) in [5, 5.41) is 0. The van der Waals surface area contributed by atoms with Gasteiger partial charge in [-0.25, -0.2) is 9.78 Å². The molecule has 0 aliphatic heterocycles. The molecular weight excluding hydrogens is 282 g/mol. The molecule has 0 atom stereocenters. The van der Waals surface area contributed by atoms with Crippen molar-refractivity contribution in [3.05, 3.63) is 28.5 Å². The van der Waals surface area contributed by atoms with Gasteiger partial charge in [0.25, 0.3) is 0 Å². The quantitative estimate of drug-likeness (QED) is 0.474. The van der Waals surface area contributed by atoms with Crippen LogP contribution >= 0.6 is 15.9 Å². The van der Waals surface area contributed by atoms with Crippen LogP contribution in [0.2, 0.25) is 0 Å². The Hall–Kier alpha value is -0.900. The maximum absolute atomic E-state index is 11.9. The summed E-state index contributed by atoms with van der Waals surface area (Å²) in [5.74, 6) is -0.236. The molecule has 1 aromatic rings. The van der Waals surface area contributed by atoms with E-state index in [0.29, 0.717) is 10.2 Å². The minimum Gasteiger partial charge on any atom is -0.459 e. The summed E-state index contributed by atoms with van der Waals surface area (Å²) in [6.07, 6.45) is 8.54. The van der Waals surface area contributed by atoms with Crippen LogP contribution in [0.5, 0.6) is 0 Å². The molecule has 17 heavy (non-hydrogen) atoms. The van der Waals surface area contributed by atoms with Crippen LogP contribution in [-0.4, -0.2) is 17.1 Å². The lowest BCUT2D eigenvalue weighted by molar-refractivity contribution is 0.0267. The molecule has 3 nitrogen and oxygen atoms in total. The molecule has 92 valence electrons. The summed E-state index contributed by atoms with van der Waals surface area (Å²) >= 11 is 3.25. The molecule has 0 saturated heterocycles. The molecule has 1 aromatic heterocycles. The molecule has 0 amide bonds. The van der Waals surface area contributed by atoms with Gasteiger partial charge in [0.15, 0.2) is 0 Å². The average Bonchev–Trinajstić information content (AvgIpc) is 2.57. The summed E-state index contributed by atoms with van der Waals surface area (Å²) in [5.41, 5.74) is 0.566. The zero-order chi connectivity index (χ0) is 12.1. The second-order valence-corrected chi connectivity index (χ2v) is 5.20. The first-order valence-corrected chi connectivity index (χ1v) is 6.87. The third kappa shape index (κ3) is 3.80. The molecule has 0 spiro atoms. The van der Waals surface area contributed by atoms with Gasteiger partial charge >= 0.3 is 5.97 Å². The monoisotopic (exact) mass is 297 g/mol. The third-order valence-corrected chi connectivity index (χ3v) is 3.47. The topological polar surface area (TPSA) is 39.2 Å². The molecule has 4 heteroatoms. The van der Waals surface area contributed by atoms with Crippen molar-refractivity contribution in [3.8, 4) is 0 Å². The van der Waals surface area contributed by atoms with Crippen molar-refractivity contribution < 1.29 is 9.53 Å². The van der Waals surface area contributed by atoms with E-state index < -0.39 is 0 Å². The number of aromatic nitrogens is 1. The number of hydrogen-bond donors (Lipinski definition) is 0. The van der Waals surface area contributed by atoms with Gasteiger partial charge in [-0.05, 0) is 53.7 Å². The van der Waals surface area contributed by atoms with Crippen molar-refractivity contribution in [3.63, 3.8) is 0 Å². The Morgan fingerprint density at radius 1 is 1.29 bits per heavy atom. The van der Waals surface area contributed by atoms with Gasteiger partial charge in [-0.15, -0.1) is 0 Å². The number of pyridine rings is 1. The highest BCUT2D eigenvalue weighted by Crippen LogP contribution is 2.21. The van der Waals surface area contributed by atoms with Crippen molar-refractivity contribution in [2.24, 2.45) is 0 Å². The van der Waals surface area contributed by atoms with Crippen LogP contribution in [0.3, 0.4) is 0 Å². The number of carbonyl (C=O) groups is 1. The van der Waals surface area contributed by atoms with Crippen molar-refractivity contribution in [2.75, 3.05) is 0 Å². The van der Waals surface area contributed by atoms with Gasteiger partial charge in [0.05, 0.1) is 5.56 Å². The van der Waals surface area contributed by atoms with E-state index >= 15 is 0 Å². The number of rotatable bonds is 2. The van der Waals surface area contributed by atoms with Gasteiger partial charge < -0.3 is 4.74 Å². The number of hydrogen-bond acceptors (Lipinski definition) is 3. The number of halogens is 1. The number of esters is 1. The second-order valence-electron chi connectivity index (χ2n) is 4.39. The van der Waals surface area contributed by atoms with Gasteiger partial charge in [0.1, 0.15) is 10.7 Å². The highest BCUT2D eigenvalue weighted by molar-refractivity contribution is 9.10. The van der Waals surface area contributed by atoms with Crippen molar-refractivity contribution >= 4 is 21.9 Å². The fraction of sp³-hybridized carbons (Fsp3) is 0.538. The van der Waals surface area contributed by atoms with Crippen molar-refractivity contribution in [2.45, 2.75) is 44.6 Å². The molecule has 0 bridgehead atoms. The number of carbonyl (C=O) groups excluding carboxylic acids is 1. The van der Waals surface area contributed by atoms with Crippen LogP contribution in [0.4, 0.5) is 0 Å². The first kappa shape index (κ1) is 12.6. The Morgan fingerprint density at radius 2 is 2.00 bits per heavy atom. The highest BCUT2D eigenvalue weighted by atomic mass is 79.9. The standard InChI is InChI=1S/C13H16BrNO2/c14-12-9-10(7-8-15-12)13(16)17-11-5-3-1-2-4-6-11/h7-9,11H,1-6H2. The molecule has 1 aliphatic rings. The van der Waals surface area contributed by atoms with Crippen LogP contribution in [-0.2, 0) is 4.74 Å². The maximum atomic E-state index is 11.9. The Balaban J connectivity index is 1.96. The van der Waals surface area contributed by atoms with Gasteiger partial charge in [-0.2, -0.15) is 0 Å². The molecular formula is C13H16BrNO2. The molecule has 0 aromatic carbocycles. The molecule has 1 heterocycles. The Morgan fingerprint density at radius 3 is 2.65 bits per heavy atom. The van der Waals surface area contributed by atoms with E-state index in [2.05, 4.69) is 20.9 Å². The van der Waals surface area contributed by atoms with E-state index in [1.165, 1.54) is 12.8 Å². The highest BCUT2D eigenvalue weighted by Gasteiger charge is 2.17. The summed E-state index contributed by atoms with van der Waals surface area (Å²) in [6.45, 7) is 0. The minimum absolute atomic E-state index is 0.0944. The van der Waals surface area contributed by atoms with E-state index in [0.717, 1.165) is 25.7 Å². The van der Waals surface area contributed by atoms with E-state index in [1.54, 1.807) is 18.3 Å². The van der Waals surface area contributed by atoms with Crippen LogP contribution in [0.15, 0.2) is 22.9 Å². The molecule has 0 unspecified atom stereocenters. The summed E-state index contributed by atoms with van der Waals surface area (Å²) in [6, 6.07) is 3.38. The minimum atomic E-state index is -0.236. The van der Waals surface area contributed by atoms with Gasteiger partial charge in [-0.1, -0.05) is 12.8 Å². The lowest BCUT2D eigenvalue weighted by Crippen LogP contribution is -2.17. The molecule has 1 saturated carbocycles. The van der Waals surface area contributed by atoms with Crippen LogP contribution in [0.25, 0.3) is 0 Å². The zero-order valence-electron chi connectivity index (χ0n) is 9.69. The lowest BCUT2D eigenvalue weighted by atomic mass is 10.1. The number of ether oxygens (including phenoxy) is 1. The summed E-state index contributed by atoms with van der Waals surface area (Å²) in [4.78, 5) is 15.9. The predicted octanol–water partition coefficient (Wildman–Crippen LogP) is 3.72. The van der Waals surface area contributed by atoms with E-state index in [9.17, 15) is 4.79 Å². The molecule has 2 rings (SSSR count). The third-order valence-electron chi connectivity index (χ3n) is 3.04. The van der Waals surface area contributed by atoms with Crippen molar-refractivity contribution in [1.82, 2.24) is 4.98 Å². The Bertz CT molecular complexity index is 387. The summed E-state index contributed by atoms with van der Waals surface area (Å²) < 4.78 is 6.18. The van der Waals surface area contributed by atoms with Gasteiger partial charge in [0.2, 0.25) is 0 Å². The first-order valence-electron chi connectivity index (χ1n) is 6.08. The fourth-order valence-corrected chi connectivity index (χ4v) is 2.47. The van der Waals surface area contributed by atoms with Crippen LogP contribution in [0, 0.1) is 0 Å². The predicted molar refractivity (Wildman–Crippen MR) is 68.8 cm³/mol. The van der Waals surface area contributed by atoms with E-state index in [4.69, 9.17) is 4.74 Å². The smallest absolute Gasteiger partial charge is 0.338 e. The Kier molecular flexibility index (Phi) is 4.54. The van der Waals surface area contributed by atoms with Gasteiger partial charge in [-0.3, -0.25) is 0 Å². The summed E-state index contributed by atoms with van der Waals surface area (Å²) in [7, 11) is 0. The Labute approximate surface area is 110 Å². The van der Waals surface area contributed by atoms with Crippen LogP contribution in [0.1, 0.15) is 48.9 Å². The SMILES string of the molecule is O=C(OC1CCCCCC1)c1ccnc(Br)c1. The van der Waals surface area contributed by atoms with Crippen molar-refractivity contribution in [1.29, 1.82) is 0 Å². The second kappa shape index (κ2) is 6.15. The largest absolute Gasteiger partial charge is 0.459 e. The van der Waals surface area contributed by atoms with Gasteiger partial charge in [0, 0.05) is 6.20 Å². The van der Waals surface area contributed by atoms with Crippen LogP contribution < -0.4 is 0 Å². The fourth-order valence-electron chi connectivity index (χ4n) is 2.11. The zero-order valence-corrected chi connectivity index (χ0v) is 11.3. The molecule has 1 aliphatic carbocycles. The molecule has 1 fully saturated rings. The van der Waals surface area contributed by atoms with E-state index in [-0.39, 0.29) is 12.1 Å². The number of nitrogens with zero attached hydrogens (tertiary/aromatic N) is 1.